The molecule has 0 spiro atoms. The van der Waals surface area contributed by atoms with E-state index >= 15 is 0 Å². The number of benzene rings is 1. The molecule has 7 heteroatoms. The van der Waals surface area contributed by atoms with E-state index in [4.69, 9.17) is 16.1 Å². The van der Waals surface area contributed by atoms with Crippen LogP contribution in [0.25, 0.3) is 0 Å². The van der Waals surface area contributed by atoms with Crippen LogP contribution < -0.4 is 5.32 Å². The number of hydrogen-bond donors (Lipinski definition) is 2. The van der Waals surface area contributed by atoms with Gasteiger partial charge in [-0.3, -0.25) is 9.59 Å². The normalized spacial score (nSPS) is 20.5. The van der Waals surface area contributed by atoms with Crippen LogP contribution in [0.3, 0.4) is 0 Å². The first kappa shape index (κ1) is 25.7. The highest BCUT2D eigenvalue weighted by molar-refractivity contribution is 6.33. The number of carboxylic acids is 1. The maximum atomic E-state index is 13.0. The first-order valence-corrected chi connectivity index (χ1v) is 13.4. The van der Waals surface area contributed by atoms with Crippen molar-refractivity contribution in [2.75, 3.05) is 5.32 Å². The molecule has 1 amide bonds. The van der Waals surface area contributed by atoms with E-state index < -0.39 is 5.97 Å². The molecule has 35 heavy (non-hydrogen) atoms. The van der Waals surface area contributed by atoms with Gasteiger partial charge in [0.15, 0.2) is 0 Å². The van der Waals surface area contributed by atoms with Gasteiger partial charge in [0.25, 0.3) is 0 Å². The van der Waals surface area contributed by atoms with Crippen LogP contribution in [0.2, 0.25) is 5.02 Å². The number of hydrogen-bond acceptors (Lipinski definition) is 4. The Balaban J connectivity index is 1.49. The van der Waals surface area contributed by atoms with Crippen molar-refractivity contribution in [2.45, 2.75) is 96.3 Å². The Morgan fingerprint density at radius 1 is 1.20 bits per heavy atom. The minimum Gasteiger partial charge on any atom is -0.481 e. The lowest BCUT2D eigenvalue weighted by atomic mass is 9.70. The Kier molecular flexibility index (Phi) is 8.20. The summed E-state index contributed by atoms with van der Waals surface area (Å²) in [6.45, 7) is 6.48. The standard InChI is InChI=1S/C28H37ClN2O4/c1-16(2)4-6-18-13-21(14-18)28-26(19-7-8-19)27(31-35-28)20(9-11-25(33)34)15-24(32)30-23-10-5-17(3)12-22(23)29/h5,10,12,16,18-21H,4,6-9,11,13-15H2,1-3H3,(H,30,32)(H,33,34). The summed E-state index contributed by atoms with van der Waals surface area (Å²) in [4.78, 5) is 24.3. The van der Waals surface area contributed by atoms with Crippen molar-refractivity contribution in [3.05, 3.63) is 45.8 Å². The number of carbonyl (C=O) groups is 2. The van der Waals surface area contributed by atoms with Crippen molar-refractivity contribution in [2.24, 2.45) is 11.8 Å². The lowest BCUT2D eigenvalue weighted by molar-refractivity contribution is -0.137. The second kappa shape index (κ2) is 11.2. The summed E-state index contributed by atoms with van der Waals surface area (Å²) in [7, 11) is 0. The summed E-state index contributed by atoms with van der Waals surface area (Å²) in [5.74, 6) is 1.90. The van der Waals surface area contributed by atoms with Gasteiger partial charge in [-0.25, -0.2) is 0 Å². The molecule has 1 atom stereocenters. The highest BCUT2D eigenvalue weighted by Gasteiger charge is 2.41. The van der Waals surface area contributed by atoms with E-state index in [2.05, 4.69) is 24.3 Å². The molecular formula is C28H37ClN2O4. The van der Waals surface area contributed by atoms with E-state index in [0.717, 1.165) is 60.1 Å². The number of carboxylic acid groups (broad SMARTS) is 1. The van der Waals surface area contributed by atoms with E-state index in [-0.39, 0.29) is 24.7 Å². The van der Waals surface area contributed by atoms with E-state index in [1.807, 2.05) is 13.0 Å². The monoisotopic (exact) mass is 500 g/mol. The first-order valence-electron chi connectivity index (χ1n) is 13.0. The molecule has 1 heterocycles. The van der Waals surface area contributed by atoms with Gasteiger partial charge < -0.3 is 14.9 Å². The minimum atomic E-state index is -0.874. The molecule has 2 N–H and O–H groups in total. The van der Waals surface area contributed by atoms with E-state index in [1.54, 1.807) is 12.1 Å². The number of rotatable bonds is 12. The Labute approximate surface area is 212 Å². The number of aryl methyl sites for hydroxylation is 1. The highest BCUT2D eigenvalue weighted by Crippen LogP contribution is 2.52. The van der Waals surface area contributed by atoms with Gasteiger partial charge in [0.1, 0.15) is 5.76 Å². The van der Waals surface area contributed by atoms with Gasteiger partial charge in [-0.2, -0.15) is 0 Å². The molecule has 2 saturated carbocycles. The molecule has 6 nitrogen and oxygen atoms in total. The lowest BCUT2D eigenvalue weighted by Gasteiger charge is -2.34. The molecule has 2 aliphatic carbocycles. The fourth-order valence-electron chi connectivity index (χ4n) is 5.23. The zero-order valence-corrected chi connectivity index (χ0v) is 21.7. The third kappa shape index (κ3) is 6.66. The van der Waals surface area contributed by atoms with Crippen LogP contribution in [0, 0.1) is 18.8 Å². The van der Waals surface area contributed by atoms with Gasteiger partial charge >= 0.3 is 5.97 Å². The first-order chi connectivity index (χ1) is 16.7. The van der Waals surface area contributed by atoms with Crippen LogP contribution in [0.5, 0.6) is 0 Å². The molecule has 0 bridgehead atoms. The van der Waals surface area contributed by atoms with Crippen LogP contribution in [-0.4, -0.2) is 22.1 Å². The van der Waals surface area contributed by atoms with Crippen LogP contribution in [0.4, 0.5) is 5.69 Å². The van der Waals surface area contributed by atoms with Crippen molar-refractivity contribution in [3.8, 4) is 0 Å². The second-order valence-corrected chi connectivity index (χ2v) is 11.4. The Hall–Kier alpha value is -2.34. The number of carbonyl (C=O) groups excluding carboxylic acids is 1. The molecule has 2 fully saturated rings. The second-order valence-electron chi connectivity index (χ2n) is 11.0. The number of halogens is 1. The average Bonchev–Trinajstić information content (AvgIpc) is 3.51. The lowest BCUT2D eigenvalue weighted by Crippen LogP contribution is -2.23. The van der Waals surface area contributed by atoms with E-state index in [1.165, 1.54) is 12.8 Å². The fraction of sp³-hybridized carbons (Fsp3) is 0.607. The van der Waals surface area contributed by atoms with Gasteiger partial charge in [-0.05, 0) is 74.5 Å². The summed E-state index contributed by atoms with van der Waals surface area (Å²) in [6, 6.07) is 5.49. The summed E-state index contributed by atoms with van der Waals surface area (Å²) >= 11 is 6.30. The summed E-state index contributed by atoms with van der Waals surface area (Å²) in [6.07, 6.45) is 7.45. The topological polar surface area (TPSA) is 92.4 Å². The van der Waals surface area contributed by atoms with Crippen LogP contribution >= 0.6 is 11.6 Å². The molecule has 1 aromatic heterocycles. The number of nitrogens with zero attached hydrogens (tertiary/aromatic N) is 1. The van der Waals surface area contributed by atoms with E-state index in [0.29, 0.717) is 29.0 Å². The molecule has 2 aromatic rings. The quantitative estimate of drug-likeness (QED) is 0.316. The molecule has 4 rings (SSSR count). The highest BCUT2D eigenvalue weighted by atomic mass is 35.5. The van der Waals surface area contributed by atoms with Crippen molar-refractivity contribution >= 4 is 29.2 Å². The van der Waals surface area contributed by atoms with Crippen LogP contribution in [0.1, 0.15) is 112 Å². The average molecular weight is 501 g/mol. The van der Waals surface area contributed by atoms with Gasteiger partial charge in [0.05, 0.1) is 16.4 Å². The number of aliphatic carboxylic acids is 1. The van der Waals surface area contributed by atoms with Crippen molar-refractivity contribution < 1.29 is 19.2 Å². The van der Waals surface area contributed by atoms with Gasteiger partial charge in [-0.1, -0.05) is 49.5 Å². The number of aromatic nitrogens is 1. The van der Waals surface area contributed by atoms with Gasteiger partial charge in [0, 0.05) is 30.2 Å². The minimum absolute atomic E-state index is 0.0176. The third-order valence-corrected chi connectivity index (χ3v) is 7.76. The maximum absolute atomic E-state index is 13.0. The molecule has 0 aliphatic heterocycles. The van der Waals surface area contributed by atoms with Crippen molar-refractivity contribution in [1.82, 2.24) is 5.16 Å². The number of anilines is 1. The number of nitrogens with one attached hydrogen (secondary N) is 1. The largest absolute Gasteiger partial charge is 0.481 e. The Morgan fingerprint density at radius 3 is 2.57 bits per heavy atom. The maximum Gasteiger partial charge on any atom is 0.303 e. The number of amides is 1. The van der Waals surface area contributed by atoms with Crippen LogP contribution in [-0.2, 0) is 9.59 Å². The molecule has 0 saturated heterocycles. The Morgan fingerprint density at radius 2 is 1.94 bits per heavy atom. The molecule has 1 unspecified atom stereocenters. The fourth-order valence-corrected chi connectivity index (χ4v) is 5.51. The molecule has 2 aliphatic rings. The SMILES string of the molecule is Cc1ccc(NC(=O)CC(CCC(=O)O)c2noc(C3CC(CCC(C)C)C3)c2C2CC2)c(Cl)c1. The van der Waals surface area contributed by atoms with E-state index in [9.17, 15) is 14.7 Å². The van der Waals surface area contributed by atoms with Crippen molar-refractivity contribution in [1.29, 1.82) is 0 Å². The third-order valence-electron chi connectivity index (χ3n) is 7.45. The smallest absolute Gasteiger partial charge is 0.303 e. The molecule has 1 aromatic carbocycles. The summed E-state index contributed by atoms with van der Waals surface area (Å²) in [5, 5.41) is 17.2. The molecule has 0 radical (unpaired) electrons. The van der Waals surface area contributed by atoms with Crippen molar-refractivity contribution in [3.63, 3.8) is 0 Å². The Bertz CT molecular complexity index is 1050. The predicted molar refractivity (Wildman–Crippen MR) is 137 cm³/mol. The summed E-state index contributed by atoms with van der Waals surface area (Å²) < 4.78 is 5.94. The summed E-state index contributed by atoms with van der Waals surface area (Å²) in [5.41, 5.74) is 3.52. The van der Waals surface area contributed by atoms with Crippen LogP contribution in [0.15, 0.2) is 22.7 Å². The molecule has 190 valence electrons. The van der Waals surface area contributed by atoms with Gasteiger partial charge in [0.2, 0.25) is 5.91 Å². The predicted octanol–water partition coefficient (Wildman–Crippen LogP) is 7.42. The molecular weight excluding hydrogens is 464 g/mol. The van der Waals surface area contributed by atoms with Gasteiger partial charge in [-0.15, -0.1) is 0 Å². The zero-order valence-electron chi connectivity index (χ0n) is 21.0. The zero-order chi connectivity index (χ0) is 25.1.